The average Bonchev–Trinajstić information content (AvgIpc) is 2.72. The summed E-state index contributed by atoms with van der Waals surface area (Å²) in [6.07, 6.45) is 2.15. The van der Waals surface area contributed by atoms with Crippen molar-refractivity contribution in [3.05, 3.63) is 64.7 Å². The molecule has 1 fully saturated rings. The fraction of sp³-hybridized carbons (Fsp3) is 0.478. The van der Waals surface area contributed by atoms with E-state index in [2.05, 4.69) is 65.4 Å². The lowest BCUT2D eigenvalue weighted by atomic mass is 9.96. The molecule has 1 heterocycles. The van der Waals surface area contributed by atoms with Gasteiger partial charge in [0, 0.05) is 56.0 Å². The Bertz CT molecular complexity index is 674. The molecule has 146 valence electrons. The quantitative estimate of drug-likeness (QED) is 0.733. The number of rotatable bonds is 8. The van der Waals surface area contributed by atoms with E-state index in [4.69, 9.17) is 11.6 Å². The van der Waals surface area contributed by atoms with Crippen LogP contribution in [-0.4, -0.2) is 50.2 Å². The monoisotopic (exact) mass is 385 g/mol. The summed E-state index contributed by atoms with van der Waals surface area (Å²) in [5.74, 6) is 0. The summed E-state index contributed by atoms with van der Waals surface area (Å²) >= 11 is 6.07. The number of benzene rings is 2. The van der Waals surface area contributed by atoms with E-state index in [1.807, 2.05) is 12.1 Å². The first-order chi connectivity index (χ1) is 13.2. The zero-order valence-corrected chi connectivity index (χ0v) is 17.4. The standard InChI is InChI=1S/C23H32ClN3/c1-3-26(4-2)22-11-7-20(8-12-22)18-23(27-15-13-25-14-16-27)17-19-5-9-21(24)10-6-19/h5-12,23,25H,3-4,13-18H2,1-2H3. The van der Waals surface area contributed by atoms with Crippen LogP contribution in [0.3, 0.4) is 0 Å². The number of hydrogen-bond donors (Lipinski definition) is 1. The maximum atomic E-state index is 6.07. The molecule has 1 saturated heterocycles. The third kappa shape index (κ3) is 5.71. The van der Waals surface area contributed by atoms with E-state index >= 15 is 0 Å². The molecule has 0 spiro atoms. The zero-order chi connectivity index (χ0) is 19.1. The SMILES string of the molecule is CCN(CC)c1ccc(CC(Cc2ccc(Cl)cc2)N2CCNCC2)cc1. The Morgan fingerprint density at radius 2 is 1.41 bits per heavy atom. The van der Waals surface area contributed by atoms with Crippen LogP contribution in [0.4, 0.5) is 5.69 Å². The van der Waals surface area contributed by atoms with Crippen LogP contribution in [0.1, 0.15) is 25.0 Å². The molecule has 1 atom stereocenters. The van der Waals surface area contributed by atoms with Gasteiger partial charge in [0.15, 0.2) is 0 Å². The molecule has 0 aliphatic carbocycles. The molecule has 3 nitrogen and oxygen atoms in total. The lowest BCUT2D eigenvalue weighted by Crippen LogP contribution is -2.49. The van der Waals surface area contributed by atoms with Crippen molar-refractivity contribution in [2.75, 3.05) is 44.2 Å². The van der Waals surface area contributed by atoms with Gasteiger partial charge in [-0.25, -0.2) is 0 Å². The summed E-state index contributed by atoms with van der Waals surface area (Å²) in [7, 11) is 0. The van der Waals surface area contributed by atoms with E-state index in [9.17, 15) is 0 Å². The number of nitrogens with zero attached hydrogens (tertiary/aromatic N) is 2. The van der Waals surface area contributed by atoms with E-state index in [0.29, 0.717) is 6.04 Å². The second kappa shape index (κ2) is 10.1. The molecule has 1 N–H and O–H groups in total. The second-order valence-electron chi connectivity index (χ2n) is 7.31. The van der Waals surface area contributed by atoms with Crippen LogP contribution in [0.2, 0.25) is 5.02 Å². The molecule has 27 heavy (non-hydrogen) atoms. The molecular formula is C23H32ClN3. The maximum absolute atomic E-state index is 6.07. The summed E-state index contributed by atoms with van der Waals surface area (Å²) in [5.41, 5.74) is 4.10. The molecule has 1 aliphatic rings. The third-order valence-electron chi connectivity index (χ3n) is 5.59. The van der Waals surface area contributed by atoms with Crippen LogP contribution in [0.5, 0.6) is 0 Å². The molecule has 3 rings (SSSR count). The summed E-state index contributed by atoms with van der Waals surface area (Å²) in [4.78, 5) is 5.04. The highest BCUT2D eigenvalue weighted by Crippen LogP contribution is 2.20. The van der Waals surface area contributed by atoms with Crippen molar-refractivity contribution < 1.29 is 0 Å². The first-order valence-electron chi connectivity index (χ1n) is 10.2. The molecule has 0 bridgehead atoms. The Morgan fingerprint density at radius 1 is 0.889 bits per heavy atom. The van der Waals surface area contributed by atoms with Crippen molar-refractivity contribution in [1.29, 1.82) is 0 Å². The first-order valence-corrected chi connectivity index (χ1v) is 10.6. The van der Waals surface area contributed by atoms with Gasteiger partial charge in [-0.2, -0.15) is 0 Å². The van der Waals surface area contributed by atoms with E-state index < -0.39 is 0 Å². The van der Waals surface area contributed by atoms with Gasteiger partial charge in [0.25, 0.3) is 0 Å². The van der Waals surface area contributed by atoms with Crippen LogP contribution >= 0.6 is 11.6 Å². The minimum absolute atomic E-state index is 0.521. The molecule has 1 aliphatic heterocycles. The number of hydrogen-bond acceptors (Lipinski definition) is 3. The third-order valence-corrected chi connectivity index (χ3v) is 5.84. The van der Waals surface area contributed by atoms with Crippen LogP contribution < -0.4 is 10.2 Å². The van der Waals surface area contributed by atoms with E-state index in [0.717, 1.165) is 57.1 Å². The van der Waals surface area contributed by atoms with Gasteiger partial charge in [-0.15, -0.1) is 0 Å². The predicted molar refractivity (Wildman–Crippen MR) is 117 cm³/mol. The molecule has 0 aromatic heterocycles. The fourth-order valence-corrected chi connectivity index (χ4v) is 4.10. The molecular weight excluding hydrogens is 354 g/mol. The van der Waals surface area contributed by atoms with Crippen LogP contribution in [0.15, 0.2) is 48.5 Å². The molecule has 0 saturated carbocycles. The summed E-state index contributed by atoms with van der Waals surface area (Å²) in [6, 6.07) is 18.0. The Kier molecular flexibility index (Phi) is 7.57. The number of halogens is 1. The van der Waals surface area contributed by atoms with Crippen LogP contribution in [0.25, 0.3) is 0 Å². The maximum Gasteiger partial charge on any atom is 0.0406 e. The summed E-state index contributed by atoms with van der Waals surface area (Å²) < 4.78 is 0. The van der Waals surface area contributed by atoms with Crippen molar-refractivity contribution in [3.8, 4) is 0 Å². The molecule has 1 unspecified atom stereocenters. The van der Waals surface area contributed by atoms with Gasteiger partial charge in [-0.1, -0.05) is 35.9 Å². The van der Waals surface area contributed by atoms with Gasteiger partial charge in [0.1, 0.15) is 0 Å². The van der Waals surface area contributed by atoms with E-state index in [-0.39, 0.29) is 0 Å². The largest absolute Gasteiger partial charge is 0.372 e. The van der Waals surface area contributed by atoms with E-state index in [1.165, 1.54) is 16.8 Å². The van der Waals surface area contributed by atoms with Gasteiger partial charge in [0.2, 0.25) is 0 Å². The Morgan fingerprint density at radius 3 is 1.93 bits per heavy atom. The predicted octanol–water partition coefficient (Wildman–Crippen LogP) is 4.25. The van der Waals surface area contributed by atoms with Crippen molar-refractivity contribution in [2.24, 2.45) is 0 Å². The van der Waals surface area contributed by atoms with Crippen molar-refractivity contribution in [1.82, 2.24) is 10.2 Å². The number of piperazine rings is 1. The van der Waals surface area contributed by atoms with Crippen molar-refractivity contribution in [2.45, 2.75) is 32.7 Å². The summed E-state index contributed by atoms with van der Waals surface area (Å²) in [5, 5.41) is 4.28. The highest BCUT2D eigenvalue weighted by atomic mass is 35.5. The van der Waals surface area contributed by atoms with Crippen LogP contribution in [0, 0.1) is 0 Å². The van der Waals surface area contributed by atoms with Gasteiger partial charge < -0.3 is 10.2 Å². The minimum atomic E-state index is 0.521. The van der Waals surface area contributed by atoms with Crippen molar-refractivity contribution in [3.63, 3.8) is 0 Å². The van der Waals surface area contributed by atoms with Gasteiger partial charge in [0.05, 0.1) is 0 Å². The zero-order valence-electron chi connectivity index (χ0n) is 16.6. The number of nitrogens with one attached hydrogen (secondary N) is 1. The Balaban J connectivity index is 1.73. The average molecular weight is 386 g/mol. The smallest absolute Gasteiger partial charge is 0.0406 e. The molecule has 2 aromatic rings. The highest BCUT2D eigenvalue weighted by molar-refractivity contribution is 6.30. The van der Waals surface area contributed by atoms with Crippen molar-refractivity contribution >= 4 is 17.3 Å². The lowest BCUT2D eigenvalue weighted by molar-refractivity contribution is 0.170. The van der Waals surface area contributed by atoms with Crippen LogP contribution in [-0.2, 0) is 12.8 Å². The Labute approximate surface area is 169 Å². The van der Waals surface area contributed by atoms with Gasteiger partial charge >= 0.3 is 0 Å². The summed E-state index contributed by atoms with van der Waals surface area (Å²) in [6.45, 7) is 10.9. The van der Waals surface area contributed by atoms with E-state index in [1.54, 1.807) is 0 Å². The topological polar surface area (TPSA) is 18.5 Å². The number of anilines is 1. The molecule has 0 radical (unpaired) electrons. The molecule has 0 amide bonds. The minimum Gasteiger partial charge on any atom is -0.372 e. The van der Waals surface area contributed by atoms with Gasteiger partial charge in [-0.05, 0) is 62.1 Å². The molecule has 4 heteroatoms. The molecule has 2 aromatic carbocycles. The second-order valence-corrected chi connectivity index (χ2v) is 7.75. The Hall–Kier alpha value is -1.55. The van der Waals surface area contributed by atoms with Gasteiger partial charge in [-0.3, -0.25) is 4.90 Å². The first kappa shape index (κ1) is 20.2. The highest BCUT2D eigenvalue weighted by Gasteiger charge is 2.21. The lowest BCUT2D eigenvalue weighted by Gasteiger charge is -2.35. The fourth-order valence-electron chi connectivity index (χ4n) is 3.97. The normalized spacial score (nSPS) is 16.3.